The van der Waals surface area contributed by atoms with Gasteiger partial charge in [-0.2, -0.15) is 0 Å². The Morgan fingerprint density at radius 3 is 2.69 bits per heavy atom. The summed E-state index contributed by atoms with van der Waals surface area (Å²) in [5.74, 6) is 0.582. The fraction of sp³-hybridized carbons (Fsp3) is 0.364. The van der Waals surface area contributed by atoms with Gasteiger partial charge in [-0.15, -0.1) is 0 Å². The molecule has 1 fully saturated rings. The van der Waals surface area contributed by atoms with E-state index >= 15 is 0 Å². The highest BCUT2D eigenvalue weighted by Crippen LogP contribution is 2.35. The van der Waals surface area contributed by atoms with E-state index in [0.29, 0.717) is 5.78 Å². The second kappa shape index (κ2) is 3.26. The first-order valence-corrected chi connectivity index (χ1v) is 5.26. The zero-order valence-corrected chi connectivity index (χ0v) is 9.10. The molecule has 0 aliphatic heterocycles. The molecule has 1 aliphatic carbocycles. The summed E-state index contributed by atoms with van der Waals surface area (Å²) in [6.07, 6.45) is 1.79. The molecule has 1 atom stereocenters. The maximum absolute atomic E-state index is 11.3. The lowest BCUT2D eigenvalue weighted by Gasteiger charge is -2.25. The zero-order chi connectivity index (χ0) is 9.42. The van der Waals surface area contributed by atoms with Crippen LogP contribution in [0.25, 0.3) is 0 Å². The van der Waals surface area contributed by atoms with Crippen molar-refractivity contribution in [1.29, 1.82) is 0 Å². The Labute approximate surface area is 86.3 Å². The molecule has 0 bridgehead atoms. The highest BCUT2D eigenvalue weighted by atomic mass is 79.9. The van der Waals surface area contributed by atoms with Gasteiger partial charge < -0.3 is 0 Å². The van der Waals surface area contributed by atoms with Gasteiger partial charge in [-0.1, -0.05) is 22.0 Å². The molecule has 1 aromatic carbocycles. The molecule has 0 saturated heterocycles. The summed E-state index contributed by atoms with van der Waals surface area (Å²) in [6.45, 7) is 2.06. The van der Waals surface area contributed by atoms with E-state index < -0.39 is 0 Å². The van der Waals surface area contributed by atoms with Crippen LogP contribution >= 0.6 is 15.9 Å². The third-order valence-electron chi connectivity index (χ3n) is 2.68. The van der Waals surface area contributed by atoms with Crippen molar-refractivity contribution in [2.45, 2.75) is 25.7 Å². The SMILES string of the molecule is Cc1cc(Br)ccc1C1CCC1=O. The standard InChI is InChI=1S/C11H11BrO/c1-7-6-8(12)2-3-9(7)10-4-5-11(10)13/h2-3,6,10H,4-5H2,1H3. The zero-order valence-electron chi connectivity index (χ0n) is 7.51. The van der Waals surface area contributed by atoms with Gasteiger partial charge in [-0.3, -0.25) is 4.79 Å². The van der Waals surface area contributed by atoms with Crippen molar-refractivity contribution in [3.8, 4) is 0 Å². The van der Waals surface area contributed by atoms with Crippen molar-refractivity contribution in [3.05, 3.63) is 33.8 Å². The van der Waals surface area contributed by atoms with Crippen LogP contribution in [0.1, 0.15) is 29.9 Å². The monoisotopic (exact) mass is 238 g/mol. The summed E-state index contributed by atoms with van der Waals surface area (Å²) in [5, 5.41) is 0. The number of Topliss-reactive ketones (excluding diaryl/α,β-unsaturated/α-hetero) is 1. The highest BCUT2D eigenvalue weighted by Gasteiger charge is 2.30. The van der Waals surface area contributed by atoms with E-state index in [2.05, 4.69) is 35.0 Å². The minimum absolute atomic E-state index is 0.188. The number of carbonyl (C=O) groups is 1. The number of rotatable bonds is 1. The van der Waals surface area contributed by atoms with Gasteiger partial charge in [0.15, 0.2) is 0 Å². The molecule has 0 N–H and O–H groups in total. The van der Waals surface area contributed by atoms with Crippen molar-refractivity contribution in [1.82, 2.24) is 0 Å². The van der Waals surface area contributed by atoms with Crippen LogP contribution in [0.3, 0.4) is 0 Å². The van der Waals surface area contributed by atoms with Gasteiger partial charge in [0.1, 0.15) is 5.78 Å². The van der Waals surface area contributed by atoms with E-state index in [4.69, 9.17) is 0 Å². The number of carbonyl (C=O) groups excluding carboxylic acids is 1. The van der Waals surface area contributed by atoms with Crippen molar-refractivity contribution >= 4 is 21.7 Å². The topological polar surface area (TPSA) is 17.1 Å². The first-order valence-electron chi connectivity index (χ1n) is 4.47. The Hall–Kier alpha value is -0.630. The Bertz CT molecular complexity index is 357. The minimum atomic E-state index is 0.188. The van der Waals surface area contributed by atoms with E-state index in [1.54, 1.807) is 0 Å². The van der Waals surface area contributed by atoms with Gasteiger partial charge in [0.2, 0.25) is 0 Å². The Morgan fingerprint density at radius 1 is 1.46 bits per heavy atom. The molecule has 1 nitrogen and oxygen atoms in total. The molecule has 1 aromatic rings. The number of hydrogen-bond donors (Lipinski definition) is 0. The van der Waals surface area contributed by atoms with E-state index in [0.717, 1.165) is 17.3 Å². The van der Waals surface area contributed by atoms with E-state index in [-0.39, 0.29) is 5.92 Å². The van der Waals surface area contributed by atoms with Crippen LogP contribution in [0.4, 0.5) is 0 Å². The third-order valence-corrected chi connectivity index (χ3v) is 3.17. The van der Waals surface area contributed by atoms with Crippen molar-refractivity contribution in [2.24, 2.45) is 0 Å². The number of ketones is 1. The average Bonchev–Trinajstić information content (AvgIpc) is 2.07. The van der Waals surface area contributed by atoms with Crippen LogP contribution < -0.4 is 0 Å². The molecule has 0 spiro atoms. The third kappa shape index (κ3) is 1.55. The Kier molecular flexibility index (Phi) is 2.24. The van der Waals surface area contributed by atoms with Gasteiger partial charge in [0.05, 0.1) is 0 Å². The molecule has 1 aliphatic rings. The second-order valence-electron chi connectivity index (χ2n) is 3.56. The lowest BCUT2D eigenvalue weighted by Crippen LogP contribution is -2.23. The molecule has 1 saturated carbocycles. The van der Waals surface area contributed by atoms with Gasteiger partial charge in [0, 0.05) is 16.8 Å². The fourth-order valence-corrected chi connectivity index (χ4v) is 2.24. The van der Waals surface area contributed by atoms with E-state index in [1.165, 1.54) is 11.1 Å². The summed E-state index contributed by atoms with van der Waals surface area (Å²) in [5.41, 5.74) is 2.42. The molecule has 13 heavy (non-hydrogen) atoms. The van der Waals surface area contributed by atoms with Crippen LogP contribution in [0.5, 0.6) is 0 Å². The number of halogens is 1. The smallest absolute Gasteiger partial charge is 0.140 e. The van der Waals surface area contributed by atoms with Crippen LogP contribution in [-0.4, -0.2) is 5.78 Å². The van der Waals surface area contributed by atoms with Crippen molar-refractivity contribution in [3.63, 3.8) is 0 Å². The van der Waals surface area contributed by atoms with Crippen molar-refractivity contribution in [2.75, 3.05) is 0 Å². The van der Waals surface area contributed by atoms with Gasteiger partial charge in [0.25, 0.3) is 0 Å². The summed E-state index contributed by atoms with van der Waals surface area (Å²) in [4.78, 5) is 11.3. The summed E-state index contributed by atoms with van der Waals surface area (Å²) in [6, 6.07) is 6.13. The molecule has 0 amide bonds. The predicted molar refractivity (Wildman–Crippen MR) is 55.9 cm³/mol. The van der Waals surface area contributed by atoms with Crippen LogP contribution in [0.15, 0.2) is 22.7 Å². The number of hydrogen-bond acceptors (Lipinski definition) is 1. The first-order chi connectivity index (χ1) is 6.18. The lowest BCUT2D eigenvalue weighted by atomic mass is 9.77. The van der Waals surface area contributed by atoms with Gasteiger partial charge >= 0.3 is 0 Å². The molecule has 68 valence electrons. The normalized spacial score (nSPS) is 21.4. The highest BCUT2D eigenvalue weighted by molar-refractivity contribution is 9.10. The Morgan fingerprint density at radius 2 is 2.23 bits per heavy atom. The second-order valence-corrected chi connectivity index (χ2v) is 4.47. The summed E-state index contributed by atoms with van der Waals surface area (Å²) < 4.78 is 1.08. The largest absolute Gasteiger partial charge is 0.299 e. The lowest BCUT2D eigenvalue weighted by molar-refractivity contribution is -0.125. The molecular weight excluding hydrogens is 228 g/mol. The van der Waals surface area contributed by atoms with E-state index in [9.17, 15) is 4.79 Å². The molecule has 2 heteroatoms. The molecule has 1 unspecified atom stereocenters. The summed E-state index contributed by atoms with van der Waals surface area (Å²) in [7, 11) is 0. The number of benzene rings is 1. The minimum Gasteiger partial charge on any atom is -0.299 e. The maximum Gasteiger partial charge on any atom is 0.140 e. The number of aryl methyl sites for hydroxylation is 1. The molecule has 0 heterocycles. The average molecular weight is 239 g/mol. The van der Waals surface area contributed by atoms with E-state index in [1.807, 2.05) is 6.07 Å². The first kappa shape index (κ1) is 8.95. The fourth-order valence-electron chi connectivity index (χ4n) is 1.77. The maximum atomic E-state index is 11.3. The summed E-state index contributed by atoms with van der Waals surface area (Å²) >= 11 is 3.42. The van der Waals surface area contributed by atoms with Crippen LogP contribution in [0, 0.1) is 6.92 Å². The van der Waals surface area contributed by atoms with Crippen LogP contribution in [-0.2, 0) is 4.79 Å². The molecule has 2 rings (SSSR count). The molecular formula is C11H11BrO. The Balaban J connectivity index is 2.35. The van der Waals surface area contributed by atoms with Gasteiger partial charge in [-0.05, 0) is 36.6 Å². The molecule has 0 aromatic heterocycles. The molecule has 0 radical (unpaired) electrons. The predicted octanol–water partition coefficient (Wildman–Crippen LogP) is 3.20. The quantitative estimate of drug-likeness (QED) is 0.735. The van der Waals surface area contributed by atoms with Crippen molar-refractivity contribution < 1.29 is 4.79 Å². The van der Waals surface area contributed by atoms with Crippen LogP contribution in [0.2, 0.25) is 0 Å². The van der Waals surface area contributed by atoms with Gasteiger partial charge in [-0.25, -0.2) is 0 Å².